The minimum atomic E-state index is -3.53. The highest BCUT2D eigenvalue weighted by Gasteiger charge is 2.37. The fourth-order valence-corrected chi connectivity index (χ4v) is 3.88. The van der Waals surface area contributed by atoms with E-state index >= 15 is 0 Å². The summed E-state index contributed by atoms with van der Waals surface area (Å²) >= 11 is 0. The van der Waals surface area contributed by atoms with Crippen molar-refractivity contribution in [1.29, 1.82) is 0 Å². The molecule has 1 saturated heterocycles. The van der Waals surface area contributed by atoms with Crippen LogP contribution in [0.1, 0.15) is 25.3 Å². The molecule has 118 valence electrons. The Balaban J connectivity index is 2.08. The Hall–Kier alpha value is -1.11. The van der Waals surface area contributed by atoms with Gasteiger partial charge in [-0.25, -0.2) is 13.6 Å². The second-order valence-electron chi connectivity index (χ2n) is 5.71. The highest BCUT2D eigenvalue weighted by molar-refractivity contribution is 7.89. The van der Waals surface area contributed by atoms with E-state index in [1.807, 2.05) is 24.3 Å². The standard InChI is InChI=1S/C15H23NO4S/c1-2-13-4-3-5-14(10-13)20-11-15(12-21(16,17)18)6-8-19-9-7-15/h3-5,10H,2,6-9,11-12H2,1H3,(H2,16,17,18). The molecule has 6 heteroatoms. The number of benzene rings is 1. The van der Waals surface area contributed by atoms with Gasteiger partial charge in [0, 0.05) is 18.6 Å². The average Bonchev–Trinajstić information content (AvgIpc) is 2.45. The van der Waals surface area contributed by atoms with Gasteiger partial charge in [-0.3, -0.25) is 0 Å². The Labute approximate surface area is 126 Å². The number of hydrogen-bond donors (Lipinski definition) is 1. The lowest BCUT2D eigenvalue weighted by Gasteiger charge is -2.36. The van der Waals surface area contributed by atoms with E-state index in [9.17, 15) is 8.42 Å². The third-order valence-electron chi connectivity index (χ3n) is 3.91. The van der Waals surface area contributed by atoms with Crippen LogP contribution in [-0.2, 0) is 21.2 Å². The summed E-state index contributed by atoms with van der Waals surface area (Å²) < 4.78 is 34.2. The summed E-state index contributed by atoms with van der Waals surface area (Å²) in [5.74, 6) is 0.714. The average molecular weight is 313 g/mol. The van der Waals surface area contributed by atoms with Crippen LogP contribution in [0.2, 0.25) is 0 Å². The number of primary sulfonamides is 1. The van der Waals surface area contributed by atoms with Crippen molar-refractivity contribution in [3.63, 3.8) is 0 Å². The van der Waals surface area contributed by atoms with Crippen LogP contribution in [0.15, 0.2) is 24.3 Å². The highest BCUT2D eigenvalue weighted by atomic mass is 32.2. The van der Waals surface area contributed by atoms with Crippen LogP contribution >= 0.6 is 0 Å². The van der Waals surface area contributed by atoms with Crippen molar-refractivity contribution in [3.8, 4) is 5.75 Å². The number of aryl methyl sites for hydroxylation is 1. The molecular weight excluding hydrogens is 290 g/mol. The Morgan fingerprint density at radius 3 is 2.67 bits per heavy atom. The predicted molar refractivity (Wildman–Crippen MR) is 81.8 cm³/mol. The summed E-state index contributed by atoms with van der Waals surface area (Å²) in [7, 11) is -3.53. The number of ether oxygens (including phenoxy) is 2. The zero-order valence-corrected chi connectivity index (χ0v) is 13.2. The van der Waals surface area contributed by atoms with Crippen LogP contribution in [0, 0.1) is 5.41 Å². The molecule has 0 aliphatic carbocycles. The van der Waals surface area contributed by atoms with E-state index in [1.54, 1.807) is 0 Å². The van der Waals surface area contributed by atoms with Crippen LogP contribution in [0.5, 0.6) is 5.75 Å². The van der Waals surface area contributed by atoms with Gasteiger partial charge in [-0.15, -0.1) is 0 Å². The van der Waals surface area contributed by atoms with Crippen molar-refractivity contribution in [2.75, 3.05) is 25.6 Å². The first-order chi connectivity index (χ1) is 9.92. The van der Waals surface area contributed by atoms with Gasteiger partial charge in [0.2, 0.25) is 10.0 Å². The molecule has 1 aromatic rings. The van der Waals surface area contributed by atoms with Crippen molar-refractivity contribution in [3.05, 3.63) is 29.8 Å². The van der Waals surface area contributed by atoms with Gasteiger partial charge in [-0.2, -0.15) is 0 Å². The number of sulfonamides is 1. The molecule has 0 unspecified atom stereocenters. The fourth-order valence-electron chi connectivity index (χ4n) is 2.65. The predicted octanol–water partition coefficient (Wildman–Crippen LogP) is 1.71. The molecule has 1 aliphatic heterocycles. The SMILES string of the molecule is CCc1cccc(OCC2(CS(N)(=O)=O)CCOCC2)c1. The molecule has 2 N–H and O–H groups in total. The quantitative estimate of drug-likeness (QED) is 0.867. The maximum Gasteiger partial charge on any atom is 0.209 e. The summed E-state index contributed by atoms with van der Waals surface area (Å²) in [6.07, 6.45) is 2.24. The van der Waals surface area contributed by atoms with Gasteiger partial charge in [0.05, 0.1) is 12.4 Å². The Bertz CT molecular complexity index is 565. The van der Waals surface area contributed by atoms with Crippen LogP contribution < -0.4 is 9.88 Å². The van der Waals surface area contributed by atoms with Crippen molar-refractivity contribution in [2.45, 2.75) is 26.2 Å². The molecule has 1 fully saturated rings. The van der Waals surface area contributed by atoms with Crippen molar-refractivity contribution in [1.82, 2.24) is 0 Å². The molecule has 0 amide bonds. The minimum absolute atomic E-state index is 0.0587. The molecule has 0 radical (unpaired) electrons. The van der Waals surface area contributed by atoms with E-state index < -0.39 is 15.4 Å². The molecule has 21 heavy (non-hydrogen) atoms. The zero-order valence-electron chi connectivity index (χ0n) is 12.4. The van der Waals surface area contributed by atoms with E-state index in [0.29, 0.717) is 32.7 Å². The molecule has 1 heterocycles. The lowest BCUT2D eigenvalue weighted by molar-refractivity contribution is 0.00208. The minimum Gasteiger partial charge on any atom is -0.493 e. The summed E-state index contributed by atoms with van der Waals surface area (Å²) in [5.41, 5.74) is 0.744. The third kappa shape index (κ3) is 4.98. The van der Waals surface area contributed by atoms with E-state index in [-0.39, 0.29) is 5.75 Å². The van der Waals surface area contributed by atoms with E-state index in [0.717, 1.165) is 12.2 Å². The first-order valence-corrected chi connectivity index (χ1v) is 8.94. The number of nitrogens with two attached hydrogens (primary N) is 1. The first-order valence-electron chi connectivity index (χ1n) is 7.22. The molecule has 0 bridgehead atoms. The van der Waals surface area contributed by atoms with Crippen LogP contribution in [-0.4, -0.2) is 34.0 Å². The normalized spacial score (nSPS) is 18.4. The number of rotatable bonds is 6. The molecule has 0 aromatic heterocycles. The lowest BCUT2D eigenvalue weighted by Crippen LogP contribution is -2.42. The van der Waals surface area contributed by atoms with Crippen molar-refractivity contribution < 1.29 is 17.9 Å². The Morgan fingerprint density at radius 2 is 2.05 bits per heavy atom. The Kier molecular flexibility index (Phi) is 5.24. The van der Waals surface area contributed by atoms with Crippen LogP contribution in [0.3, 0.4) is 0 Å². The van der Waals surface area contributed by atoms with Crippen molar-refractivity contribution >= 4 is 10.0 Å². The van der Waals surface area contributed by atoms with Gasteiger partial charge in [0.15, 0.2) is 0 Å². The van der Waals surface area contributed by atoms with Gasteiger partial charge in [-0.05, 0) is 37.0 Å². The van der Waals surface area contributed by atoms with E-state index in [4.69, 9.17) is 14.6 Å². The maximum absolute atomic E-state index is 11.5. The van der Waals surface area contributed by atoms with Gasteiger partial charge in [0.1, 0.15) is 5.75 Å². The molecule has 0 atom stereocenters. The van der Waals surface area contributed by atoms with Crippen LogP contribution in [0.25, 0.3) is 0 Å². The topological polar surface area (TPSA) is 78.6 Å². The highest BCUT2D eigenvalue weighted by Crippen LogP contribution is 2.32. The molecule has 0 spiro atoms. The monoisotopic (exact) mass is 313 g/mol. The zero-order chi connectivity index (χ0) is 15.3. The lowest BCUT2D eigenvalue weighted by atomic mass is 9.83. The molecule has 1 aromatic carbocycles. The van der Waals surface area contributed by atoms with Crippen LogP contribution in [0.4, 0.5) is 0 Å². The van der Waals surface area contributed by atoms with Gasteiger partial charge in [-0.1, -0.05) is 19.1 Å². The van der Waals surface area contributed by atoms with E-state index in [2.05, 4.69) is 6.92 Å². The summed E-state index contributed by atoms with van der Waals surface area (Å²) in [5, 5.41) is 5.24. The third-order valence-corrected chi connectivity index (χ3v) is 4.93. The first kappa shape index (κ1) is 16.3. The van der Waals surface area contributed by atoms with Crippen molar-refractivity contribution in [2.24, 2.45) is 10.6 Å². The Morgan fingerprint density at radius 1 is 1.33 bits per heavy atom. The van der Waals surface area contributed by atoms with Gasteiger partial charge >= 0.3 is 0 Å². The molecule has 2 rings (SSSR count). The summed E-state index contributed by atoms with van der Waals surface area (Å²) in [4.78, 5) is 0. The van der Waals surface area contributed by atoms with E-state index in [1.165, 1.54) is 5.56 Å². The molecule has 0 saturated carbocycles. The second-order valence-corrected chi connectivity index (χ2v) is 7.32. The van der Waals surface area contributed by atoms with Gasteiger partial charge in [0.25, 0.3) is 0 Å². The second kappa shape index (κ2) is 6.77. The maximum atomic E-state index is 11.5. The molecule has 5 nitrogen and oxygen atoms in total. The molecular formula is C15H23NO4S. The summed E-state index contributed by atoms with van der Waals surface area (Å²) in [6.45, 7) is 3.53. The summed E-state index contributed by atoms with van der Waals surface area (Å²) in [6, 6.07) is 7.87. The largest absolute Gasteiger partial charge is 0.493 e. The molecule has 1 aliphatic rings. The number of hydrogen-bond acceptors (Lipinski definition) is 4. The fraction of sp³-hybridized carbons (Fsp3) is 0.600. The smallest absolute Gasteiger partial charge is 0.209 e. The van der Waals surface area contributed by atoms with Gasteiger partial charge < -0.3 is 9.47 Å².